The van der Waals surface area contributed by atoms with Crippen LogP contribution in [0, 0.1) is 0 Å². The summed E-state index contributed by atoms with van der Waals surface area (Å²) in [6.07, 6.45) is 2.67. The molecule has 0 amide bonds. The van der Waals surface area contributed by atoms with Crippen molar-refractivity contribution in [3.63, 3.8) is 0 Å². The average Bonchev–Trinajstić information content (AvgIpc) is 2.84. The first-order chi connectivity index (χ1) is 9.74. The van der Waals surface area contributed by atoms with Crippen molar-refractivity contribution in [2.45, 2.75) is 6.42 Å². The van der Waals surface area contributed by atoms with Gasteiger partial charge in [0.25, 0.3) is 0 Å². The van der Waals surface area contributed by atoms with Crippen molar-refractivity contribution in [2.24, 2.45) is 7.05 Å². The van der Waals surface area contributed by atoms with Crippen LogP contribution in [-0.4, -0.2) is 26.3 Å². The van der Waals surface area contributed by atoms with Gasteiger partial charge in [-0.3, -0.25) is 4.68 Å². The van der Waals surface area contributed by atoms with Crippen molar-refractivity contribution >= 4 is 22.7 Å². The van der Waals surface area contributed by atoms with Gasteiger partial charge in [0.1, 0.15) is 5.82 Å². The van der Waals surface area contributed by atoms with Gasteiger partial charge in [-0.15, -0.1) is 0 Å². The Labute approximate surface area is 116 Å². The number of aromatic nitrogens is 4. The number of rotatable bonds is 4. The molecule has 0 atom stereocenters. The molecule has 0 unspecified atom stereocenters. The van der Waals surface area contributed by atoms with E-state index in [9.17, 15) is 0 Å². The zero-order valence-corrected chi connectivity index (χ0v) is 11.2. The maximum absolute atomic E-state index is 5.74. The van der Waals surface area contributed by atoms with E-state index < -0.39 is 0 Å². The molecule has 0 aliphatic rings. The monoisotopic (exact) mass is 268 g/mol. The van der Waals surface area contributed by atoms with Crippen molar-refractivity contribution in [1.29, 1.82) is 0 Å². The number of hydrogen-bond acceptors (Lipinski definition) is 5. The van der Waals surface area contributed by atoms with E-state index in [1.807, 2.05) is 42.1 Å². The number of benzene rings is 1. The number of para-hydroxylation sites is 1. The normalized spacial score (nSPS) is 10.8. The summed E-state index contributed by atoms with van der Waals surface area (Å²) in [7, 11) is 1.94. The third kappa shape index (κ3) is 2.40. The van der Waals surface area contributed by atoms with Crippen LogP contribution >= 0.6 is 0 Å². The molecule has 3 N–H and O–H groups in total. The number of nitrogens with two attached hydrogens (primary N) is 1. The van der Waals surface area contributed by atoms with E-state index in [1.54, 1.807) is 6.20 Å². The maximum atomic E-state index is 5.74. The molecule has 0 saturated heterocycles. The van der Waals surface area contributed by atoms with Crippen LogP contribution in [0.5, 0.6) is 0 Å². The second-order valence-electron chi connectivity index (χ2n) is 4.57. The quantitative estimate of drug-likeness (QED) is 0.751. The van der Waals surface area contributed by atoms with Gasteiger partial charge in [-0.25, -0.2) is 4.98 Å². The molecule has 3 aromatic rings. The summed E-state index contributed by atoms with van der Waals surface area (Å²) in [6.45, 7) is 0.764. The van der Waals surface area contributed by atoms with E-state index in [0.717, 1.165) is 29.7 Å². The SMILES string of the molecule is Cn1nccc1CCNc1nc(N)nc2ccccc12. The number of nitrogen functional groups attached to an aromatic ring is 1. The maximum Gasteiger partial charge on any atom is 0.222 e. The summed E-state index contributed by atoms with van der Waals surface area (Å²) in [5, 5.41) is 8.45. The van der Waals surface area contributed by atoms with Crippen LogP contribution in [-0.2, 0) is 13.5 Å². The Morgan fingerprint density at radius 2 is 2.05 bits per heavy atom. The molecule has 6 nitrogen and oxygen atoms in total. The lowest BCUT2D eigenvalue weighted by molar-refractivity contribution is 0.711. The van der Waals surface area contributed by atoms with Crippen molar-refractivity contribution in [2.75, 3.05) is 17.6 Å². The van der Waals surface area contributed by atoms with Gasteiger partial charge in [-0.1, -0.05) is 12.1 Å². The minimum absolute atomic E-state index is 0.284. The predicted octanol–water partition coefficient (Wildman–Crippen LogP) is 1.60. The zero-order chi connectivity index (χ0) is 13.9. The highest BCUT2D eigenvalue weighted by molar-refractivity contribution is 5.89. The summed E-state index contributed by atoms with van der Waals surface area (Å²) >= 11 is 0. The largest absolute Gasteiger partial charge is 0.369 e. The number of hydrogen-bond donors (Lipinski definition) is 2. The van der Waals surface area contributed by atoms with Gasteiger partial charge in [0, 0.05) is 37.3 Å². The van der Waals surface area contributed by atoms with E-state index in [4.69, 9.17) is 5.73 Å². The van der Waals surface area contributed by atoms with Crippen LogP contribution < -0.4 is 11.1 Å². The average molecular weight is 268 g/mol. The molecular formula is C14H16N6. The molecule has 2 heterocycles. The van der Waals surface area contributed by atoms with Gasteiger partial charge < -0.3 is 11.1 Å². The molecular weight excluding hydrogens is 252 g/mol. The molecule has 1 aromatic carbocycles. The van der Waals surface area contributed by atoms with Crippen molar-refractivity contribution in [3.8, 4) is 0 Å². The number of anilines is 2. The molecule has 3 rings (SSSR count). The van der Waals surface area contributed by atoms with Gasteiger partial charge in [0.15, 0.2) is 0 Å². The number of fused-ring (bicyclic) bond motifs is 1. The van der Waals surface area contributed by atoms with Crippen LogP contribution in [0.2, 0.25) is 0 Å². The van der Waals surface area contributed by atoms with E-state index in [-0.39, 0.29) is 5.95 Å². The van der Waals surface area contributed by atoms with Crippen LogP contribution in [0.15, 0.2) is 36.5 Å². The standard InChI is InChI=1S/C14H16N6/c1-20-10(7-9-17-20)6-8-16-13-11-4-2-3-5-12(11)18-14(15)19-13/h2-5,7,9H,6,8H2,1H3,(H3,15,16,18,19). The van der Waals surface area contributed by atoms with Crippen LogP contribution in [0.1, 0.15) is 5.69 Å². The smallest absolute Gasteiger partial charge is 0.222 e. The molecule has 0 spiro atoms. The van der Waals surface area contributed by atoms with E-state index >= 15 is 0 Å². The van der Waals surface area contributed by atoms with Crippen LogP contribution in [0.3, 0.4) is 0 Å². The number of nitrogens with zero attached hydrogens (tertiary/aromatic N) is 4. The lowest BCUT2D eigenvalue weighted by atomic mass is 10.2. The summed E-state index contributed by atoms with van der Waals surface area (Å²) in [5.74, 6) is 1.06. The first-order valence-corrected chi connectivity index (χ1v) is 6.47. The Balaban J connectivity index is 1.79. The molecule has 0 bridgehead atoms. The summed E-state index contributed by atoms with van der Waals surface area (Å²) in [5.41, 5.74) is 7.76. The first kappa shape index (κ1) is 12.4. The molecule has 0 aliphatic heterocycles. The van der Waals surface area contributed by atoms with Crippen molar-refractivity contribution in [1.82, 2.24) is 19.7 Å². The van der Waals surface area contributed by atoms with Crippen molar-refractivity contribution < 1.29 is 0 Å². The highest BCUT2D eigenvalue weighted by atomic mass is 15.3. The Morgan fingerprint density at radius 1 is 1.20 bits per heavy atom. The highest BCUT2D eigenvalue weighted by Gasteiger charge is 2.05. The Bertz CT molecular complexity index is 733. The molecule has 0 fully saturated rings. The van der Waals surface area contributed by atoms with Crippen LogP contribution in [0.25, 0.3) is 10.9 Å². The Morgan fingerprint density at radius 3 is 2.85 bits per heavy atom. The predicted molar refractivity (Wildman–Crippen MR) is 79.4 cm³/mol. The second-order valence-corrected chi connectivity index (χ2v) is 4.57. The fourth-order valence-corrected chi connectivity index (χ4v) is 2.18. The van der Waals surface area contributed by atoms with Crippen LogP contribution in [0.4, 0.5) is 11.8 Å². The molecule has 6 heteroatoms. The minimum atomic E-state index is 0.284. The lowest BCUT2D eigenvalue weighted by Crippen LogP contribution is -2.10. The first-order valence-electron chi connectivity index (χ1n) is 6.47. The molecule has 0 radical (unpaired) electrons. The fraction of sp³-hybridized carbons (Fsp3) is 0.214. The summed E-state index contributed by atoms with van der Waals surface area (Å²) in [6, 6.07) is 9.83. The number of nitrogens with one attached hydrogen (secondary N) is 1. The Kier molecular flexibility index (Phi) is 3.20. The molecule has 102 valence electrons. The minimum Gasteiger partial charge on any atom is -0.369 e. The van der Waals surface area contributed by atoms with Gasteiger partial charge in [0.05, 0.1) is 5.52 Å². The summed E-state index contributed by atoms with van der Waals surface area (Å²) < 4.78 is 1.87. The van der Waals surface area contributed by atoms with E-state index in [0.29, 0.717) is 0 Å². The number of aryl methyl sites for hydroxylation is 1. The molecule has 20 heavy (non-hydrogen) atoms. The van der Waals surface area contributed by atoms with E-state index in [1.165, 1.54) is 5.69 Å². The fourth-order valence-electron chi connectivity index (χ4n) is 2.18. The molecule has 0 aliphatic carbocycles. The van der Waals surface area contributed by atoms with Crippen molar-refractivity contribution in [3.05, 3.63) is 42.2 Å². The topological polar surface area (TPSA) is 81.7 Å². The second kappa shape index (κ2) is 5.16. The van der Waals surface area contributed by atoms with E-state index in [2.05, 4.69) is 20.4 Å². The Hall–Kier alpha value is -2.63. The van der Waals surface area contributed by atoms with Gasteiger partial charge >= 0.3 is 0 Å². The zero-order valence-electron chi connectivity index (χ0n) is 11.2. The lowest BCUT2D eigenvalue weighted by Gasteiger charge is -2.09. The third-order valence-electron chi connectivity index (χ3n) is 3.22. The molecule has 0 saturated carbocycles. The third-order valence-corrected chi connectivity index (χ3v) is 3.22. The van der Waals surface area contributed by atoms with Gasteiger partial charge in [-0.2, -0.15) is 10.1 Å². The molecule has 2 aromatic heterocycles. The summed E-state index contributed by atoms with van der Waals surface area (Å²) in [4.78, 5) is 8.50. The highest BCUT2D eigenvalue weighted by Crippen LogP contribution is 2.20. The van der Waals surface area contributed by atoms with Gasteiger partial charge in [-0.05, 0) is 18.2 Å². The van der Waals surface area contributed by atoms with Gasteiger partial charge in [0.2, 0.25) is 5.95 Å².